The highest BCUT2D eigenvalue weighted by molar-refractivity contribution is 5.96. The predicted octanol–water partition coefficient (Wildman–Crippen LogP) is -1.66. The maximum absolute atomic E-state index is 13.7. The average molecular weight is 248 g/mol. The summed E-state index contributed by atoms with van der Waals surface area (Å²) < 4.78 is 18.7. The fraction of sp³-hybridized carbons (Fsp3) is 0.778. The second-order valence-corrected chi connectivity index (χ2v) is 3.98. The number of urea groups is 1. The highest BCUT2D eigenvalue weighted by Crippen LogP contribution is 2.27. The standard InChI is InChI=1S/C9H13FN2O5/c10-6-7(15)4(3-13)17-8(6)12-2-1-5(14)11-9(12)16/h4,6-8,13,15H,1-3H2,(H,11,14,16)/t4-,6+,7-,8-/m1/s1. The van der Waals surface area contributed by atoms with Crippen molar-refractivity contribution in [3.8, 4) is 0 Å². The maximum atomic E-state index is 13.7. The molecule has 0 aliphatic carbocycles. The number of amides is 3. The van der Waals surface area contributed by atoms with Crippen LogP contribution in [0.2, 0.25) is 0 Å². The Hall–Kier alpha value is -1.25. The van der Waals surface area contributed by atoms with Crippen molar-refractivity contribution in [2.75, 3.05) is 13.2 Å². The Labute approximate surface area is 96.1 Å². The molecule has 0 aromatic heterocycles. The van der Waals surface area contributed by atoms with E-state index in [1.165, 1.54) is 0 Å². The number of carbonyl (C=O) groups is 2. The van der Waals surface area contributed by atoms with E-state index in [1.54, 1.807) is 0 Å². The number of alkyl halides is 1. The van der Waals surface area contributed by atoms with Crippen LogP contribution in [0.1, 0.15) is 6.42 Å². The molecule has 0 aromatic carbocycles. The van der Waals surface area contributed by atoms with Gasteiger partial charge in [-0.15, -0.1) is 0 Å². The monoisotopic (exact) mass is 248 g/mol. The van der Waals surface area contributed by atoms with Crippen molar-refractivity contribution >= 4 is 11.9 Å². The molecule has 0 spiro atoms. The van der Waals surface area contributed by atoms with Crippen LogP contribution >= 0.6 is 0 Å². The molecule has 0 bridgehead atoms. The van der Waals surface area contributed by atoms with Crippen LogP contribution in [0.15, 0.2) is 0 Å². The van der Waals surface area contributed by atoms with Crippen molar-refractivity contribution in [2.24, 2.45) is 0 Å². The molecule has 3 N–H and O–H groups in total. The Morgan fingerprint density at radius 1 is 1.53 bits per heavy atom. The molecule has 0 unspecified atom stereocenters. The van der Waals surface area contributed by atoms with Crippen molar-refractivity contribution in [1.29, 1.82) is 0 Å². The SMILES string of the molecule is O=C1CCN([C@@H]2O[C@H](CO)[C@@H](O)[C@@H]2F)C(=O)N1. The predicted molar refractivity (Wildman–Crippen MR) is 51.5 cm³/mol. The molecule has 0 aromatic rings. The molecule has 2 aliphatic heterocycles. The highest BCUT2D eigenvalue weighted by Gasteiger charge is 2.48. The smallest absolute Gasteiger partial charge is 0.326 e. The summed E-state index contributed by atoms with van der Waals surface area (Å²) in [5.74, 6) is -0.432. The minimum Gasteiger partial charge on any atom is -0.394 e. The molecule has 8 heteroatoms. The quantitative estimate of drug-likeness (QED) is 0.543. The molecule has 96 valence electrons. The Kier molecular flexibility index (Phi) is 3.27. The lowest BCUT2D eigenvalue weighted by Crippen LogP contribution is -2.55. The zero-order valence-electron chi connectivity index (χ0n) is 8.88. The molecule has 0 radical (unpaired) electrons. The summed E-state index contributed by atoms with van der Waals surface area (Å²) >= 11 is 0. The van der Waals surface area contributed by atoms with Gasteiger partial charge < -0.3 is 14.9 Å². The number of hydrogen-bond acceptors (Lipinski definition) is 5. The van der Waals surface area contributed by atoms with Gasteiger partial charge in [-0.1, -0.05) is 0 Å². The van der Waals surface area contributed by atoms with E-state index < -0.39 is 43.2 Å². The van der Waals surface area contributed by atoms with Gasteiger partial charge in [0.15, 0.2) is 12.4 Å². The van der Waals surface area contributed by atoms with Crippen molar-refractivity contribution in [3.05, 3.63) is 0 Å². The molecule has 2 rings (SSSR count). The van der Waals surface area contributed by atoms with Crippen molar-refractivity contribution in [3.63, 3.8) is 0 Å². The Morgan fingerprint density at radius 2 is 2.24 bits per heavy atom. The molecule has 2 aliphatic rings. The van der Waals surface area contributed by atoms with Gasteiger partial charge in [0.25, 0.3) is 0 Å². The zero-order chi connectivity index (χ0) is 12.6. The molecular formula is C9H13FN2O5. The number of hydrogen-bond donors (Lipinski definition) is 3. The van der Waals surface area contributed by atoms with E-state index in [9.17, 15) is 19.1 Å². The molecule has 7 nitrogen and oxygen atoms in total. The Balaban J connectivity index is 2.08. The number of aliphatic hydroxyl groups excluding tert-OH is 2. The Morgan fingerprint density at radius 3 is 2.76 bits per heavy atom. The molecule has 2 saturated heterocycles. The maximum Gasteiger partial charge on any atom is 0.326 e. The molecule has 3 amide bonds. The van der Waals surface area contributed by atoms with Crippen LogP contribution in [0.5, 0.6) is 0 Å². The summed E-state index contributed by atoms with van der Waals surface area (Å²) in [7, 11) is 0. The first-order valence-electron chi connectivity index (χ1n) is 5.23. The number of halogens is 1. The molecule has 2 fully saturated rings. The van der Waals surface area contributed by atoms with E-state index in [-0.39, 0.29) is 13.0 Å². The summed E-state index contributed by atoms with van der Waals surface area (Å²) in [5.41, 5.74) is 0. The van der Waals surface area contributed by atoms with E-state index in [0.29, 0.717) is 0 Å². The van der Waals surface area contributed by atoms with Crippen molar-refractivity contribution in [1.82, 2.24) is 10.2 Å². The molecule has 17 heavy (non-hydrogen) atoms. The largest absolute Gasteiger partial charge is 0.394 e. The fourth-order valence-corrected chi connectivity index (χ4v) is 1.92. The van der Waals surface area contributed by atoms with Gasteiger partial charge in [0.2, 0.25) is 5.91 Å². The lowest BCUT2D eigenvalue weighted by molar-refractivity contribution is -0.124. The molecule has 2 heterocycles. The van der Waals surface area contributed by atoms with Gasteiger partial charge in [-0.25, -0.2) is 9.18 Å². The highest BCUT2D eigenvalue weighted by atomic mass is 19.1. The lowest BCUT2D eigenvalue weighted by atomic mass is 10.1. The summed E-state index contributed by atoms with van der Waals surface area (Å²) in [4.78, 5) is 23.4. The van der Waals surface area contributed by atoms with Crippen molar-refractivity contribution in [2.45, 2.75) is 31.0 Å². The van der Waals surface area contributed by atoms with Gasteiger partial charge in [0, 0.05) is 13.0 Å². The van der Waals surface area contributed by atoms with E-state index in [0.717, 1.165) is 4.90 Å². The first-order valence-corrected chi connectivity index (χ1v) is 5.23. The molecule has 0 saturated carbocycles. The third-order valence-electron chi connectivity index (χ3n) is 2.87. The number of nitrogens with zero attached hydrogens (tertiary/aromatic N) is 1. The van der Waals surface area contributed by atoms with Gasteiger partial charge in [0.05, 0.1) is 6.61 Å². The topological polar surface area (TPSA) is 99.1 Å². The zero-order valence-corrected chi connectivity index (χ0v) is 8.88. The number of rotatable bonds is 2. The third kappa shape index (κ3) is 2.11. The molecule has 4 atom stereocenters. The lowest BCUT2D eigenvalue weighted by Gasteiger charge is -2.32. The van der Waals surface area contributed by atoms with Gasteiger partial charge in [0.1, 0.15) is 12.2 Å². The number of imide groups is 1. The fourth-order valence-electron chi connectivity index (χ4n) is 1.92. The average Bonchev–Trinajstić information content (AvgIpc) is 2.57. The third-order valence-corrected chi connectivity index (χ3v) is 2.87. The first-order chi connectivity index (χ1) is 8.04. The van der Waals surface area contributed by atoms with Crippen LogP contribution in [0.25, 0.3) is 0 Å². The van der Waals surface area contributed by atoms with Crippen LogP contribution in [0.4, 0.5) is 9.18 Å². The first kappa shape index (κ1) is 12.2. The van der Waals surface area contributed by atoms with Gasteiger partial charge >= 0.3 is 6.03 Å². The van der Waals surface area contributed by atoms with E-state index >= 15 is 0 Å². The summed E-state index contributed by atoms with van der Waals surface area (Å²) in [6.07, 6.45) is -5.55. The molecular weight excluding hydrogens is 235 g/mol. The van der Waals surface area contributed by atoms with Gasteiger partial charge in [-0.3, -0.25) is 15.0 Å². The van der Waals surface area contributed by atoms with E-state index in [1.807, 2.05) is 5.32 Å². The number of nitrogens with one attached hydrogen (secondary N) is 1. The van der Waals surface area contributed by atoms with Crippen LogP contribution in [-0.4, -0.2) is 64.8 Å². The van der Waals surface area contributed by atoms with Crippen LogP contribution in [0, 0.1) is 0 Å². The van der Waals surface area contributed by atoms with Gasteiger partial charge in [-0.05, 0) is 0 Å². The minimum absolute atomic E-state index is 0.0284. The second kappa shape index (κ2) is 4.55. The van der Waals surface area contributed by atoms with Crippen LogP contribution in [0.3, 0.4) is 0 Å². The van der Waals surface area contributed by atoms with Crippen molar-refractivity contribution < 1.29 is 28.9 Å². The Bertz CT molecular complexity index is 339. The normalized spacial score (nSPS) is 38.4. The van der Waals surface area contributed by atoms with E-state index in [4.69, 9.17) is 9.84 Å². The van der Waals surface area contributed by atoms with Crippen LogP contribution in [-0.2, 0) is 9.53 Å². The second-order valence-electron chi connectivity index (χ2n) is 3.98. The van der Waals surface area contributed by atoms with Gasteiger partial charge in [-0.2, -0.15) is 0 Å². The number of carbonyl (C=O) groups excluding carboxylic acids is 2. The summed E-state index contributed by atoms with van der Waals surface area (Å²) in [6.45, 7) is -0.507. The van der Waals surface area contributed by atoms with E-state index in [2.05, 4.69) is 0 Å². The number of aliphatic hydroxyl groups is 2. The minimum atomic E-state index is -1.80. The van der Waals surface area contributed by atoms with Crippen LogP contribution < -0.4 is 5.32 Å². The summed E-state index contributed by atoms with van der Waals surface area (Å²) in [6, 6.07) is -0.750. The number of ether oxygens (including phenoxy) is 1. The summed E-state index contributed by atoms with van der Waals surface area (Å²) in [5, 5.41) is 20.3.